The molecule has 7 nitrogen and oxygen atoms in total. The average Bonchev–Trinajstić information content (AvgIpc) is 3.04. The predicted molar refractivity (Wildman–Crippen MR) is 165 cm³/mol. The fraction of sp³-hybridized carbons (Fsp3) is 0.273. The summed E-state index contributed by atoms with van der Waals surface area (Å²) in [4.78, 5) is 36.4. The number of rotatable bonds is 10. The van der Waals surface area contributed by atoms with Crippen molar-refractivity contribution in [3.05, 3.63) is 113 Å². The zero-order chi connectivity index (χ0) is 31.1. The lowest BCUT2D eigenvalue weighted by Crippen LogP contribution is -2.43. The molecule has 1 atom stereocenters. The molecular weight excluding hydrogens is 589 g/mol. The molecule has 5 rings (SSSR count). The van der Waals surface area contributed by atoms with Crippen LogP contribution in [0, 0.1) is 0 Å². The van der Waals surface area contributed by atoms with Gasteiger partial charge in [-0.2, -0.15) is 24.9 Å². The second kappa shape index (κ2) is 13.9. The van der Waals surface area contributed by atoms with E-state index in [1.807, 2.05) is 53.4 Å². The van der Waals surface area contributed by atoms with E-state index in [9.17, 15) is 27.9 Å². The van der Waals surface area contributed by atoms with Gasteiger partial charge in [0.1, 0.15) is 17.6 Å². The Kier molecular flexibility index (Phi) is 9.84. The molecule has 44 heavy (non-hydrogen) atoms. The van der Waals surface area contributed by atoms with Crippen LogP contribution in [0.2, 0.25) is 0 Å². The number of aliphatic carboxylic acids is 1. The minimum absolute atomic E-state index is 0.0607. The lowest BCUT2D eigenvalue weighted by molar-refractivity contribution is -0.139. The normalized spacial score (nSPS) is 14.7. The van der Waals surface area contributed by atoms with E-state index in [1.165, 1.54) is 35.5 Å². The molecule has 1 saturated heterocycles. The van der Waals surface area contributed by atoms with Crippen molar-refractivity contribution in [2.45, 2.75) is 36.7 Å². The zero-order valence-electron chi connectivity index (χ0n) is 23.7. The number of aromatic nitrogens is 2. The number of carboxylic acid groups (broad SMARTS) is 1. The highest BCUT2D eigenvalue weighted by Gasteiger charge is 2.30. The van der Waals surface area contributed by atoms with Crippen LogP contribution >= 0.6 is 11.8 Å². The monoisotopic (exact) mass is 620 g/mol. The number of carboxylic acids is 1. The number of anilines is 1. The summed E-state index contributed by atoms with van der Waals surface area (Å²) in [7, 11) is 0. The molecular formula is C33H31F3N4O3S. The maximum absolute atomic E-state index is 13.4. The smallest absolute Gasteiger partial charge is 0.416 e. The third kappa shape index (κ3) is 7.96. The Morgan fingerprint density at radius 2 is 1.57 bits per heavy atom. The molecule has 2 heterocycles. The van der Waals surface area contributed by atoms with E-state index in [0.29, 0.717) is 36.1 Å². The van der Waals surface area contributed by atoms with E-state index in [0.717, 1.165) is 30.5 Å². The summed E-state index contributed by atoms with van der Waals surface area (Å²) >= 11 is 1.38. The number of hydrogen-bond acceptors (Lipinski definition) is 6. The molecule has 1 amide bonds. The van der Waals surface area contributed by atoms with Gasteiger partial charge in [0, 0.05) is 36.2 Å². The molecule has 0 aliphatic carbocycles. The summed E-state index contributed by atoms with van der Waals surface area (Å²) in [5.74, 6) is -0.264. The molecule has 2 N–H and O–H groups in total. The van der Waals surface area contributed by atoms with Gasteiger partial charge < -0.3 is 15.3 Å². The van der Waals surface area contributed by atoms with Gasteiger partial charge >= 0.3 is 12.1 Å². The summed E-state index contributed by atoms with van der Waals surface area (Å²) in [6.45, 7) is 1.30. The van der Waals surface area contributed by atoms with Crippen molar-refractivity contribution in [3.8, 4) is 11.4 Å². The first-order valence-electron chi connectivity index (χ1n) is 14.2. The van der Waals surface area contributed by atoms with Crippen LogP contribution in [-0.4, -0.2) is 51.8 Å². The molecule has 228 valence electrons. The van der Waals surface area contributed by atoms with Crippen molar-refractivity contribution in [3.63, 3.8) is 0 Å². The van der Waals surface area contributed by atoms with Crippen LogP contribution in [-0.2, 0) is 16.7 Å². The topological polar surface area (TPSA) is 95.4 Å². The molecule has 11 heteroatoms. The van der Waals surface area contributed by atoms with Crippen LogP contribution < -0.4 is 10.2 Å². The number of nitrogens with one attached hydrogen (secondary N) is 1. The van der Waals surface area contributed by atoms with E-state index < -0.39 is 29.7 Å². The maximum atomic E-state index is 13.4. The number of nitrogens with zero attached hydrogens (tertiary/aromatic N) is 3. The minimum Gasteiger partial charge on any atom is -0.480 e. The average molecular weight is 621 g/mol. The summed E-state index contributed by atoms with van der Waals surface area (Å²) in [6, 6.07) is 24.6. The Labute approximate surface area is 257 Å². The Bertz CT molecular complexity index is 1560. The summed E-state index contributed by atoms with van der Waals surface area (Å²) < 4.78 is 39.6. The van der Waals surface area contributed by atoms with Crippen LogP contribution in [0.3, 0.4) is 0 Å². The van der Waals surface area contributed by atoms with Crippen molar-refractivity contribution < 1.29 is 27.9 Å². The fourth-order valence-electron chi connectivity index (χ4n) is 5.09. The SMILES string of the molecule is O=C(N[C@@H](CSCc1ccccc1)C(=O)O)c1cc(N2CCC(c3ccccc3)CC2)nc(-c2ccc(C(F)(F)F)cc2)n1. The summed E-state index contributed by atoms with van der Waals surface area (Å²) in [5, 5.41) is 12.4. The molecule has 1 aromatic heterocycles. The first-order valence-corrected chi connectivity index (χ1v) is 15.3. The maximum Gasteiger partial charge on any atom is 0.416 e. The molecule has 1 aliphatic heterocycles. The van der Waals surface area contributed by atoms with Gasteiger partial charge in [-0.3, -0.25) is 4.79 Å². The second-order valence-corrected chi connectivity index (χ2v) is 11.6. The van der Waals surface area contributed by atoms with E-state index in [2.05, 4.69) is 27.4 Å². The Morgan fingerprint density at radius 3 is 2.18 bits per heavy atom. The Balaban J connectivity index is 1.37. The number of thioether (sulfide) groups is 1. The van der Waals surface area contributed by atoms with Crippen molar-refractivity contribution in [2.24, 2.45) is 0 Å². The molecule has 0 spiro atoms. The molecule has 0 radical (unpaired) electrons. The standard InChI is InChI=1S/C33H31F3N4O3S/c34-33(35,36)26-13-11-25(12-14-26)30-37-27(31(41)38-28(32(42)43)21-44-20-22-7-3-1-4-8-22)19-29(39-30)40-17-15-24(16-18-40)23-9-5-2-6-10-23/h1-14,19,24,28H,15-18,20-21H2,(H,38,41)(H,42,43)/t28-/m0/s1. The Hall–Kier alpha value is -4.38. The number of amides is 1. The highest BCUT2D eigenvalue weighted by Crippen LogP contribution is 2.33. The fourth-order valence-corrected chi connectivity index (χ4v) is 6.10. The van der Waals surface area contributed by atoms with Gasteiger partial charge in [0.25, 0.3) is 5.91 Å². The number of carbonyl (C=O) groups excluding carboxylic acids is 1. The molecule has 3 aromatic carbocycles. The quantitative estimate of drug-likeness (QED) is 0.205. The molecule has 1 fully saturated rings. The van der Waals surface area contributed by atoms with E-state index in [-0.39, 0.29) is 17.3 Å². The number of piperidine rings is 1. The number of benzene rings is 3. The third-order valence-electron chi connectivity index (χ3n) is 7.51. The largest absolute Gasteiger partial charge is 0.480 e. The first kappa shape index (κ1) is 31.1. The van der Waals surface area contributed by atoms with E-state index >= 15 is 0 Å². The van der Waals surface area contributed by atoms with Gasteiger partial charge in [-0.05, 0) is 42.0 Å². The third-order valence-corrected chi connectivity index (χ3v) is 8.61. The summed E-state index contributed by atoms with van der Waals surface area (Å²) in [6.07, 6.45) is -2.80. The first-order chi connectivity index (χ1) is 21.2. The molecule has 1 aliphatic rings. The number of carbonyl (C=O) groups is 2. The number of halogens is 3. The second-order valence-electron chi connectivity index (χ2n) is 10.5. The van der Waals surface area contributed by atoms with Crippen molar-refractivity contribution in [2.75, 3.05) is 23.7 Å². The van der Waals surface area contributed by atoms with Crippen LogP contribution in [0.1, 0.15) is 45.9 Å². The van der Waals surface area contributed by atoms with E-state index in [1.54, 1.807) is 0 Å². The number of hydrogen-bond donors (Lipinski definition) is 2. The van der Waals surface area contributed by atoms with Crippen molar-refractivity contribution in [1.82, 2.24) is 15.3 Å². The van der Waals surface area contributed by atoms with Gasteiger partial charge in [-0.1, -0.05) is 72.8 Å². The molecule has 0 unspecified atom stereocenters. The predicted octanol–water partition coefficient (Wildman–Crippen LogP) is 6.66. The lowest BCUT2D eigenvalue weighted by Gasteiger charge is -2.33. The highest BCUT2D eigenvalue weighted by molar-refractivity contribution is 7.98. The molecule has 0 saturated carbocycles. The van der Waals surface area contributed by atoms with Gasteiger partial charge in [0.05, 0.1) is 5.56 Å². The zero-order valence-corrected chi connectivity index (χ0v) is 24.5. The van der Waals surface area contributed by atoms with Gasteiger partial charge in [0.2, 0.25) is 0 Å². The minimum atomic E-state index is -4.50. The highest BCUT2D eigenvalue weighted by atomic mass is 32.2. The summed E-state index contributed by atoms with van der Waals surface area (Å²) in [5.41, 5.74) is 1.72. The van der Waals surface area contributed by atoms with Crippen LogP contribution in [0.5, 0.6) is 0 Å². The molecule has 0 bridgehead atoms. The van der Waals surface area contributed by atoms with Gasteiger partial charge in [-0.25, -0.2) is 14.8 Å². The molecule has 4 aromatic rings. The van der Waals surface area contributed by atoms with Crippen LogP contribution in [0.15, 0.2) is 91.0 Å². The number of alkyl halides is 3. The lowest BCUT2D eigenvalue weighted by atomic mass is 9.89. The van der Waals surface area contributed by atoms with Crippen molar-refractivity contribution in [1.29, 1.82) is 0 Å². The van der Waals surface area contributed by atoms with Gasteiger partial charge in [0.15, 0.2) is 5.82 Å². The van der Waals surface area contributed by atoms with Crippen molar-refractivity contribution >= 4 is 29.5 Å². The van der Waals surface area contributed by atoms with Crippen LogP contribution in [0.4, 0.5) is 19.0 Å². The van der Waals surface area contributed by atoms with E-state index in [4.69, 9.17) is 0 Å². The van der Waals surface area contributed by atoms with Crippen LogP contribution in [0.25, 0.3) is 11.4 Å². The van der Waals surface area contributed by atoms with Gasteiger partial charge in [-0.15, -0.1) is 0 Å². The Morgan fingerprint density at radius 1 is 0.932 bits per heavy atom.